The van der Waals surface area contributed by atoms with Gasteiger partial charge in [-0.3, -0.25) is 10.1 Å². The molecule has 0 atom stereocenters. The summed E-state index contributed by atoms with van der Waals surface area (Å²) in [5.41, 5.74) is -0.314. The molecule has 1 amide bonds. The molecule has 0 aromatic carbocycles. The number of amides is 1. The monoisotopic (exact) mass is 198 g/mol. The average molecular weight is 198 g/mol. The lowest BCUT2D eigenvalue weighted by Gasteiger charge is -2.48. The number of nitrogens with zero attached hydrogens (tertiary/aromatic N) is 1. The Balaban J connectivity index is 2.98. The molecular formula is C11H22N2O. The lowest BCUT2D eigenvalue weighted by Crippen LogP contribution is -2.70. The first kappa shape index (κ1) is 11.5. The molecule has 82 valence electrons. The number of rotatable bonds is 2. The normalized spacial score (nSPS) is 25.2. The molecule has 0 unspecified atom stereocenters. The minimum absolute atomic E-state index is 0.0225. The molecule has 0 aromatic rings. The van der Waals surface area contributed by atoms with E-state index in [0.29, 0.717) is 0 Å². The van der Waals surface area contributed by atoms with Gasteiger partial charge in [0.15, 0.2) is 0 Å². The maximum Gasteiger partial charge on any atom is 0.242 e. The zero-order valence-corrected chi connectivity index (χ0v) is 9.98. The van der Waals surface area contributed by atoms with Gasteiger partial charge >= 0.3 is 0 Å². The molecule has 1 aliphatic rings. The Kier molecular flexibility index (Phi) is 2.91. The van der Waals surface area contributed by atoms with Crippen molar-refractivity contribution in [3.63, 3.8) is 0 Å². The molecule has 0 aromatic heterocycles. The Hall–Kier alpha value is -0.570. The van der Waals surface area contributed by atoms with Crippen molar-refractivity contribution in [1.82, 2.24) is 10.2 Å². The molecule has 1 heterocycles. The van der Waals surface area contributed by atoms with Crippen molar-refractivity contribution in [2.24, 2.45) is 0 Å². The summed E-state index contributed by atoms with van der Waals surface area (Å²) in [6, 6.07) is 0. The Morgan fingerprint density at radius 2 is 1.86 bits per heavy atom. The number of hydrogen-bond acceptors (Lipinski definition) is 2. The predicted molar refractivity (Wildman–Crippen MR) is 58.2 cm³/mol. The van der Waals surface area contributed by atoms with Crippen LogP contribution in [-0.2, 0) is 4.79 Å². The van der Waals surface area contributed by atoms with Gasteiger partial charge in [-0.25, -0.2) is 0 Å². The number of carbonyl (C=O) groups excluding carboxylic acids is 1. The molecule has 3 heteroatoms. The third-order valence-electron chi connectivity index (χ3n) is 3.17. The van der Waals surface area contributed by atoms with Gasteiger partial charge in [-0.05, 0) is 26.7 Å². The third-order valence-corrected chi connectivity index (χ3v) is 3.17. The molecule has 0 saturated carbocycles. The van der Waals surface area contributed by atoms with Gasteiger partial charge in [0.05, 0.1) is 5.54 Å². The summed E-state index contributed by atoms with van der Waals surface area (Å²) >= 11 is 0. The Morgan fingerprint density at radius 1 is 1.36 bits per heavy atom. The van der Waals surface area contributed by atoms with Crippen LogP contribution in [-0.4, -0.2) is 35.5 Å². The second-order valence-electron chi connectivity index (χ2n) is 4.96. The van der Waals surface area contributed by atoms with E-state index in [0.717, 1.165) is 19.4 Å². The van der Waals surface area contributed by atoms with E-state index in [-0.39, 0.29) is 17.0 Å². The standard InChI is InChI=1S/C11H22N2O/c1-6-11(7-2)9(14)13(5)8-10(3,4)12-11/h12H,6-8H2,1-5H3. The fourth-order valence-corrected chi connectivity index (χ4v) is 2.50. The minimum Gasteiger partial charge on any atom is -0.342 e. The summed E-state index contributed by atoms with van der Waals surface area (Å²) in [5, 5.41) is 3.49. The van der Waals surface area contributed by atoms with Crippen LogP contribution in [0.5, 0.6) is 0 Å². The highest BCUT2D eigenvalue weighted by Gasteiger charge is 2.45. The molecule has 14 heavy (non-hydrogen) atoms. The lowest BCUT2D eigenvalue weighted by atomic mass is 9.84. The molecule has 0 bridgehead atoms. The van der Waals surface area contributed by atoms with E-state index >= 15 is 0 Å². The summed E-state index contributed by atoms with van der Waals surface area (Å²) in [5.74, 6) is 0.238. The molecule has 0 spiro atoms. The van der Waals surface area contributed by atoms with Gasteiger partial charge < -0.3 is 4.90 Å². The number of likely N-dealkylation sites (N-methyl/N-ethyl adjacent to an activating group) is 1. The molecule has 1 aliphatic heterocycles. The van der Waals surface area contributed by atoms with Crippen molar-refractivity contribution in [3.05, 3.63) is 0 Å². The fourth-order valence-electron chi connectivity index (χ4n) is 2.50. The van der Waals surface area contributed by atoms with Gasteiger partial charge in [-0.15, -0.1) is 0 Å². The first-order chi connectivity index (χ1) is 6.37. The van der Waals surface area contributed by atoms with Gasteiger partial charge in [0, 0.05) is 19.1 Å². The van der Waals surface area contributed by atoms with Crippen molar-refractivity contribution in [1.29, 1.82) is 0 Å². The van der Waals surface area contributed by atoms with Crippen LogP contribution in [0.3, 0.4) is 0 Å². The van der Waals surface area contributed by atoms with Gasteiger partial charge in [0.1, 0.15) is 0 Å². The van der Waals surface area contributed by atoms with Crippen molar-refractivity contribution in [3.8, 4) is 0 Å². The van der Waals surface area contributed by atoms with E-state index < -0.39 is 0 Å². The average Bonchev–Trinajstić information content (AvgIpc) is 2.11. The lowest BCUT2D eigenvalue weighted by molar-refractivity contribution is -0.144. The van der Waals surface area contributed by atoms with Crippen LogP contribution in [0.15, 0.2) is 0 Å². The zero-order valence-electron chi connectivity index (χ0n) is 9.98. The van der Waals surface area contributed by atoms with Gasteiger partial charge in [-0.2, -0.15) is 0 Å². The maximum absolute atomic E-state index is 12.1. The van der Waals surface area contributed by atoms with Crippen molar-refractivity contribution < 1.29 is 4.79 Å². The van der Waals surface area contributed by atoms with E-state index in [1.807, 2.05) is 11.9 Å². The highest BCUT2D eigenvalue weighted by molar-refractivity contribution is 5.87. The summed E-state index contributed by atoms with van der Waals surface area (Å²) in [7, 11) is 1.89. The largest absolute Gasteiger partial charge is 0.342 e. The summed E-state index contributed by atoms with van der Waals surface area (Å²) in [4.78, 5) is 13.9. The molecule has 1 fully saturated rings. The first-order valence-electron chi connectivity index (χ1n) is 5.42. The van der Waals surface area contributed by atoms with Gasteiger partial charge in [0.25, 0.3) is 0 Å². The van der Waals surface area contributed by atoms with Crippen LogP contribution in [0.1, 0.15) is 40.5 Å². The molecule has 0 radical (unpaired) electrons. The van der Waals surface area contributed by atoms with Crippen molar-refractivity contribution in [2.75, 3.05) is 13.6 Å². The predicted octanol–water partition coefficient (Wildman–Crippen LogP) is 1.39. The number of carbonyl (C=O) groups is 1. The topological polar surface area (TPSA) is 32.3 Å². The Labute approximate surface area is 86.9 Å². The van der Waals surface area contributed by atoms with E-state index in [2.05, 4.69) is 33.0 Å². The quantitative estimate of drug-likeness (QED) is 0.727. The SMILES string of the molecule is CCC1(CC)NC(C)(C)CN(C)C1=O. The fraction of sp³-hybridized carbons (Fsp3) is 0.909. The van der Waals surface area contributed by atoms with Crippen LogP contribution in [0, 0.1) is 0 Å². The first-order valence-corrected chi connectivity index (χ1v) is 5.42. The molecular weight excluding hydrogens is 176 g/mol. The number of piperazine rings is 1. The Bertz CT molecular complexity index is 231. The van der Waals surface area contributed by atoms with E-state index in [1.54, 1.807) is 0 Å². The minimum atomic E-state index is -0.337. The molecule has 0 aliphatic carbocycles. The van der Waals surface area contributed by atoms with Crippen LogP contribution in [0.4, 0.5) is 0 Å². The number of hydrogen-bond donors (Lipinski definition) is 1. The van der Waals surface area contributed by atoms with Crippen LogP contribution >= 0.6 is 0 Å². The van der Waals surface area contributed by atoms with Crippen LogP contribution in [0.2, 0.25) is 0 Å². The second kappa shape index (κ2) is 3.54. The second-order valence-corrected chi connectivity index (χ2v) is 4.96. The molecule has 1 N–H and O–H groups in total. The summed E-state index contributed by atoms with van der Waals surface area (Å²) in [6.45, 7) is 9.23. The van der Waals surface area contributed by atoms with E-state index in [4.69, 9.17) is 0 Å². The maximum atomic E-state index is 12.1. The van der Waals surface area contributed by atoms with E-state index in [1.165, 1.54) is 0 Å². The molecule has 1 saturated heterocycles. The van der Waals surface area contributed by atoms with Crippen LogP contribution in [0.25, 0.3) is 0 Å². The van der Waals surface area contributed by atoms with Crippen molar-refractivity contribution in [2.45, 2.75) is 51.6 Å². The molecule has 1 rings (SSSR count). The molecule has 3 nitrogen and oxygen atoms in total. The highest BCUT2D eigenvalue weighted by Crippen LogP contribution is 2.27. The third kappa shape index (κ3) is 1.78. The van der Waals surface area contributed by atoms with Crippen molar-refractivity contribution >= 4 is 5.91 Å². The van der Waals surface area contributed by atoms with Gasteiger partial charge in [0.2, 0.25) is 5.91 Å². The van der Waals surface area contributed by atoms with Crippen LogP contribution < -0.4 is 5.32 Å². The zero-order chi connectivity index (χ0) is 11.0. The van der Waals surface area contributed by atoms with Gasteiger partial charge in [-0.1, -0.05) is 13.8 Å². The highest BCUT2D eigenvalue weighted by atomic mass is 16.2. The summed E-state index contributed by atoms with van der Waals surface area (Å²) in [6.07, 6.45) is 1.71. The Morgan fingerprint density at radius 3 is 2.29 bits per heavy atom. The van der Waals surface area contributed by atoms with E-state index in [9.17, 15) is 4.79 Å². The smallest absolute Gasteiger partial charge is 0.242 e. The summed E-state index contributed by atoms with van der Waals surface area (Å²) < 4.78 is 0. The number of nitrogens with one attached hydrogen (secondary N) is 1.